The van der Waals surface area contributed by atoms with E-state index in [1.807, 2.05) is 19.1 Å². The van der Waals surface area contributed by atoms with Gasteiger partial charge in [0, 0.05) is 9.13 Å². The molecule has 0 fully saturated rings. The molecule has 88 valence electrons. The van der Waals surface area contributed by atoms with Gasteiger partial charge in [-0.25, -0.2) is 4.79 Å². The molecule has 0 N–H and O–H groups in total. The zero-order valence-electron chi connectivity index (χ0n) is 9.49. The Bertz CT molecular complexity index is 558. The molecule has 2 rings (SSSR count). The van der Waals surface area contributed by atoms with Crippen LogP contribution in [0.4, 0.5) is 0 Å². The van der Waals surface area contributed by atoms with Crippen LogP contribution in [0.2, 0.25) is 0 Å². The molecule has 1 aromatic carbocycles. The average Bonchev–Trinajstić information content (AvgIpc) is 2.77. The summed E-state index contributed by atoms with van der Waals surface area (Å²) in [7, 11) is 1.33. The molecule has 0 atom stereocenters. The van der Waals surface area contributed by atoms with Gasteiger partial charge in [0.2, 0.25) is 5.76 Å². The van der Waals surface area contributed by atoms with Crippen LogP contribution >= 0.6 is 22.6 Å². The largest absolute Gasteiger partial charge is 0.463 e. The maximum absolute atomic E-state index is 11.3. The van der Waals surface area contributed by atoms with Gasteiger partial charge in [-0.2, -0.15) is 0 Å². The van der Waals surface area contributed by atoms with E-state index in [-0.39, 0.29) is 5.76 Å². The summed E-state index contributed by atoms with van der Waals surface area (Å²) in [4.78, 5) is 11.3. The molecule has 0 aliphatic rings. The minimum absolute atomic E-state index is 0.223. The molecule has 0 saturated carbocycles. The van der Waals surface area contributed by atoms with E-state index in [0.29, 0.717) is 5.76 Å². The molecule has 0 aliphatic heterocycles. The van der Waals surface area contributed by atoms with Gasteiger partial charge in [-0.1, -0.05) is 0 Å². The topological polar surface area (TPSA) is 39.4 Å². The second-order valence-corrected chi connectivity index (χ2v) is 4.86. The van der Waals surface area contributed by atoms with Crippen molar-refractivity contribution >= 4 is 28.6 Å². The second-order valence-electron chi connectivity index (χ2n) is 3.61. The molecular formula is C13H11IO3. The summed E-state index contributed by atoms with van der Waals surface area (Å²) < 4.78 is 11.2. The summed E-state index contributed by atoms with van der Waals surface area (Å²) in [5, 5.41) is 0. The average molecular weight is 342 g/mol. The maximum Gasteiger partial charge on any atom is 0.373 e. The summed E-state index contributed by atoms with van der Waals surface area (Å²) in [6, 6.07) is 9.45. The van der Waals surface area contributed by atoms with E-state index in [1.165, 1.54) is 10.7 Å². The summed E-state index contributed by atoms with van der Waals surface area (Å²) >= 11 is 2.26. The number of hydrogen-bond acceptors (Lipinski definition) is 3. The van der Waals surface area contributed by atoms with Crippen molar-refractivity contribution in [3.8, 4) is 11.3 Å². The first-order valence-electron chi connectivity index (χ1n) is 5.06. The number of ether oxygens (including phenoxy) is 1. The summed E-state index contributed by atoms with van der Waals surface area (Å²) in [5.41, 5.74) is 2.10. The monoisotopic (exact) mass is 342 g/mol. The number of hydrogen-bond donors (Lipinski definition) is 0. The SMILES string of the molecule is COC(=O)c1ccc(-c2ccc(I)cc2C)o1. The zero-order valence-corrected chi connectivity index (χ0v) is 11.6. The van der Waals surface area contributed by atoms with Gasteiger partial charge in [0.15, 0.2) is 0 Å². The first kappa shape index (κ1) is 12.2. The highest BCUT2D eigenvalue weighted by molar-refractivity contribution is 14.1. The standard InChI is InChI=1S/C13H11IO3/c1-8-7-9(14)3-4-10(8)11-5-6-12(17-11)13(15)16-2/h3-7H,1-2H3. The van der Waals surface area contributed by atoms with Crippen molar-refractivity contribution in [2.24, 2.45) is 0 Å². The molecule has 0 saturated heterocycles. The molecule has 1 heterocycles. The molecule has 0 amide bonds. The first-order chi connectivity index (χ1) is 8.11. The number of halogens is 1. The third-order valence-electron chi connectivity index (χ3n) is 2.45. The fourth-order valence-corrected chi connectivity index (χ4v) is 2.24. The van der Waals surface area contributed by atoms with Gasteiger partial charge in [-0.05, 0) is 65.4 Å². The molecule has 0 bridgehead atoms. The third-order valence-corrected chi connectivity index (χ3v) is 3.12. The van der Waals surface area contributed by atoms with Crippen LogP contribution in [0.15, 0.2) is 34.7 Å². The predicted molar refractivity (Wildman–Crippen MR) is 72.9 cm³/mol. The molecular weight excluding hydrogens is 331 g/mol. The highest BCUT2D eigenvalue weighted by atomic mass is 127. The van der Waals surface area contributed by atoms with Crippen LogP contribution in [0.3, 0.4) is 0 Å². The Morgan fingerprint density at radius 2 is 2.06 bits per heavy atom. The van der Waals surface area contributed by atoms with Gasteiger partial charge in [0.1, 0.15) is 5.76 Å². The lowest BCUT2D eigenvalue weighted by Gasteiger charge is -2.02. The highest BCUT2D eigenvalue weighted by Crippen LogP contribution is 2.26. The smallest absolute Gasteiger partial charge is 0.373 e. The summed E-state index contributed by atoms with van der Waals surface area (Å²) in [6.45, 7) is 2.01. The van der Waals surface area contributed by atoms with Crippen molar-refractivity contribution in [2.75, 3.05) is 7.11 Å². The maximum atomic E-state index is 11.3. The van der Waals surface area contributed by atoms with Crippen molar-refractivity contribution in [1.29, 1.82) is 0 Å². The summed E-state index contributed by atoms with van der Waals surface area (Å²) in [5.74, 6) is 0.444. The van der Waals surface area contributed by atoms with Crippen LogP contribution in [0.1, 0.15) is 16.1 Å². The van der Waals surface area contributed by atoms with Crippen molar-refractivity contribution in [3.63, 3.8) is 0 Å². The van der Waals surface area contributed by atoms with Crippen LogP contribution < -0.4 is 0 Å². The van der Waals surface area contributed by atoms with Crippen molar-refractivity contribution in [2.45, 2.75) is 6.92 Å². The van der Waals surface area contributed by atoms with E-state index < -0.39 is 5.97 Å². The van der Waals surface area contributed by atoms with Gasteiger partial charge in [-0.3, -0.25) is 0 Å². The molecule has 0 radical (unpaired) electrons. The molecule has 2 aromatic rings. The zero-order chi connectivity index (χ0) is 12.4. The van der Waals surface area contributed by atoms with E-state index in [1.54, 1.807) is 12.1 Å². The minimum atomic E-state index is -0.459. The Morgan fingerprint density at radius 3 is 2.71 bits per heavy atom. The van der Waals surface area contributed by atoms with Crippen molar-refractivity contribution in [3.05, 3.63) is 45.2 Å². The van der Waals surface area contributed by atoms with Crippen LogP contribution in [0, 0.1) is 10.5 Å². The van der Waals surface area contributed by atoms with Crippen LogP contribution in [0.25, 0.3) is 11.3 Å². The molecule has 3 nitrogen and oxygen atoms in total. The Morgan fingerprint density at radius 1 is 1.29 bits per heavy atom. The lowest BCUT2D eigenvalue weighted by molar-refractivity contribution is 0.0566. The molecule has 17 heavy (non-hydrogen) atoms. The number of esters is 1. The van der Waals surface area contributed by atoms with Gasteiger partial charge < -0.3 is 9.15 Å². The Labute approximate surface area is 113 Å². The highest BCUT2D eigenvalue weighted by Gasteiger charge is 2.13. The number of furan rings is 1. The number of carbonyl (C=O) groups excluding carboxylic acids is 1. The molecule has 0 spiro atoms. The number of methoxy groups -OCH3 is 1. The third kappa shape index (κ3) is 2.52. The minimum Gasteiger partial charge on any atom is -0.463 e. The molecule has 4 heteroatoms. The van der Waals surface area contributed by atoms with E-state index >= 15 is 0 Å². The molecule has 1 aromatic heterocycles. The van der Waals surface area contributed by atoms with Crippen LogP contribution in [0.5, 0.6) is 0 Å². The van der Waals surface area contributed by atoms with Crippen molar-refractivity contribution < 1.29 is 13.9 Å². The predicted octanol–water partition coefficient (Wildman–Crippen LogP) is 3.65. The number of benzene rings is 1. The van der Waals surface area contributed by atoms with E-state index in [4.69, 9.17) is 4.42 Å². The molecule has 0 aliphatic carbocycles. The Kier molecular flexibility index (Phi) is 3.51. The Hall–Kier alpha value is -1.30. The number of carbonyl (C=O) groups is 1. The Balaban J connectivity index is 2.40. The van der Waals surface area contributed by atoms with E-state index in [2.05, 4.69) is 33.4 Å². The fourth-order valence-electron chi connectivity index (χ4n) is 1.60. The van der Waals surface area contributed by atoms with Crippen molar-refractivity contribution in [1.82, 2.24) is 0 Å². The van der Waals surface area contributed by atoms with Gasteiger partial charge in [0.05, 0.1) is 7.11 Å². The van der Waals surface area contributed by atoms with E-state index in [0.717, 1.165) is 11.1 Å². The number of aryl methyl sites for hydroxylation is 1. The quantitative estimate of drug-likeness (QED) is 0.618. The van der Waals surface area contributed by atoms with Gasteiger partial charge in [0.25, 0.3) is 0 Å². The van der Waals surface area contributed by atoms with Gasteiger partial charge in [-0.15, -0.1) is 0 Å². The lowest BCUT2D eigenvalue weighted by Crippen LogP contribution is -1.98. The first-order valence-corrected chi connectivity index (χ1v) is 6.14. The number of rotatable bonds is 2. The summed E-state index contributed by atoms with van der Waals surface area (Å²) in [6.07, 6.45) is 0. The van der Waals surface area contributed by atoms with Crippen LogP contribution in [-0.2, 0) is 4.74 Å². The normalized spacial score (nSPS) is 10.3. The van der Waals surface area contributed by atoms with Gasteiger partial charge >= 0.3 is 5.97 Å². The fraction of sp³-hybridized carbons (Fsp3) is 0.154. The lowest BCUT2D eigenvalue weighted by atomic mass is 10.1. The second kappa shape index (κ2) is 4.91. The van der Waals surface area contributed by atoms with E-state index in [9.17, 15) is 4.79 Å². The van der Waals surface area contributed by atoms with Crippen LogP contribution in [-0.4, -0.2) is 13.1 Å². The molecule has 0 unspecified atom stereocenters.